The van der Waals surface area contributed by atoms with E-state index >= 15 is 4.39 Å². The minimum atomic E-state index is -2.84. The topological polar surface area (TPSA) is 6.48 Å². The van der Waals surface area contributed by atoms with Crippen LogP contribution in [0.2, 0.25) is 0 Å². The Labute approximate surface area is 429 Å². The molecule has 2 aliphatic heterocycles. The number of fused-ring (bicyclic) bond motifs is 4. The van der Waals surface area contributed by atoms with E-state index in [1.54, 1.807) is 12.1 Å². The molecule has 0 unspecified atom stereocenters. The summed E-state index contributed by atoms with van der Waals surface area (Å²) in [7, 11) is -2.84. The van der Waals surface area contributed by atoms with Crippen molar-refractivity contribution in [1.29, 1.82) is 0 Å². The van der Waals surface area contributed by atoms with E-state index in [0.717, 1.165) is 39.7 Å². The number of rotatable bonds is 7. The predicted molar refractivity (Wildman–Crippen MR) is 310 cm³/mol. The van der Waals surface area contributed by atoms with Crippen LogP contribution in [0.1, 0.15) is 84.6 Å². The molecule has 0 atom stereocenters. The molecule has 9 aromatic rings. The largest absolute Gasteiger partial charge is 0.311 e. The molecule has 0 saturated carbocycles. The van der Waals surface area contributed by atoms with Crippen LogP contribution in [0.15, 0.2) is 206 Å². The van der Waals surface area contributed by atoms with Crippen molar-refractivity contribution in [2.75, 3.05) is 9.80 Å². The maximum absolute atomic E-state index is 16.4. The third kappa shape index (κ3) is 7.85. The Hall–Kier alpha value is -7.21. The summed E-state index contributed by atoms with van der Waals surface area (Å²) in [6.45, 7) is 22.9. The predicted octanol–water partition coefficient (Wildman–Crippen LogP) is 13.2. The first kappa shape index (κ1) is 47.1. The zero-order chi connectivity index (χ0) is 50.3. The van der Waals surface area contributed by atoms with Crippen molar-refractivity contribution in [3.05, 3.63) is 234 Å². The van der Waals surface area contributed by atoms with Crippen LogP contribution in [0.25, 0.3) is 11.1 Å². The number of aryl methyl sites for hydroxylation is 1. The highest BCUT2D eigenvalue weighted by molar-refractivity contribution is 7.20. The lowest BCUT2D eigenvalue weighted by molar-refractivity contribution is 0.590. The minimum absolute atomic E-state index is 0.0111. The normalized spacial score (nSPS) is 13.4. The first-order chi connectivity index (χ1) is 34.4. The second-order valence-corrected chi connectivity index (χ2v) is 27.0. The van der Waals surface area contributed by atoms with Crippen molar-refractivity contribution in [2.24, 2.45) is 0 Å². The van der Waals surface area contributed by atoms with E-state index in [4.69, 9.17) is 0 Å². The Bertz CT molecular complexity index is 3400. The van der Waals surface area contributed by atoms with Gasteiger partial charge in [-0.15, -0.1) is 0 Å². The summed E-state index contributed by atoms with van der Waals surface area (Å²) in [6, 6.07) is 76.0. The molecule has 2 nitrogen and oxygen atoms in total. The lowest BCUT2D eigenvalue weighted by atomic mass is 9.33. The van der Waals surface area contributed by atoms with Crippen LogP contribution in [0.5, 0.6) is 0 Å². The van der Waals surface area contributed by atoms with E-state index < -0.39 is 8.07 Å². The molecule has 0 bridgehead atoms. The zero-order valence-electron chi connectivity index (χ0n) is 43.5. The Morgan fingerprint density at radius 3 is 1.29 bits per heavy atom. The number of nitrogens with zero attached hydrogens (tertiary/aromatic N) is 2. The molecule has 0 aliphatic carbocycles. The molecule has 0 radical (unpaired) electrons. The molecule has 0 amide bonds. The molecular weight excluding hydrogens is 891 g/mol. The van der Waals surface area contributed by atoms with E-state index in [-0.39, 0.29) is 28.8 Å². The van der Waals surface area contributed by atoms with E-state index in [0.29, 0.717) is 5.56 Å². The number of hydrogen-bond acceptors (Lipinski definition) is 2. The number of halogens is 1. The maximum atomic E-state index is 16.4. The lowest BCUT2D eigenvalue weighted by Gasteiger charge is -2.45. The van der Waals surface area contributed by atoms with Gasteiger partial charge in [-0.25, -0.2) is 4.39 Å². The molecular formula is C67H64BFN2Si. The average molecular weight is 955 g/mol. The van der Waals surface area contributed by atoms with Crippen molar-refractivity contribution < 1.29 is 4.39 Å². The SMILES string of the molecule is Cc1cc([Si](c2ccccc2)(c2ccccc2)c2ccccc2)ccc1N1c2ccc(C(C)(C)C)cc2B2c3cc(C(C)(C)C)ccc3N(c3ccc(C(C)(C)C)cc3)c3cc(-c4ccccc4F)cc1c32. The standard InChI is InChI=1S/C67H64BFN2Si/c1-45-40-54(72(51-22-14-11-15-23-51,52-24-16-12-17-25-52)53-26-18-13-19-27-53)36-39-59(45)71-61-38-33-49(67(8,9)10)44-57(61)68-56-43-48(66(5,6)7)32-37-60(56)70(50-34-30-47(31-35-50)65(2,3)4)62-41-46(42-63(71)64(62)68)55-28-20-21-29-58(55)69/h11-44H,1-10H3. The quantitative estimate of drug-likeness (QED) is 0.116. The Kier molecular flexibility index (Phi) is 11.5. The van der Waals surface area contributed by atoms with Crippen molar-refractivity contribution in [3.8, 4) is 11.1 Å². The summed E-state index contributed by atoms with van der Waals surface area (Å²) in [6.07, 6.45) is 0. The third-order valence-electron chi connectivity index (χ3n) is 15.5. The van der Waals surface area contributed by atoms with Gasteiger partial charge in [-0.05, 0) is 137 Å². The van der Waals surface area contributed by atoms with Crippen LogP contribution in [0, 0.1) is 12.7 Å². The van der Waals surface area contributed by atoms with Crippen LogP contribution in [-0.4, -0.2) is 14.8 Å². The Morgan fingerprint density at radius 1 is 0.389 bits per heavy atom. The zero-order valence-corrected chi connectivity index (χ0v) is 44.5. The van der Waals surface area contributed by atoms with Gasteiger partial charge in [0.05, 0.1) is 0 Å². The second-order valence-electron chi connectivity index (χ2n) is 23.2. The molecule has 9 aromatic carbocycles. The number of anilines is 6. The summed E-state index contributed by atoms with van der Waals surface area (Å²) in [4.78, 5) is 4.97. The molecule has 0 fully saturated rings. The van der Waals surface area contributed by atoms with Gasteiger partial charge in [0, 0.05) is 39.7 Å². The highest BCUT2D eigenvalue weighted by Crippen LogP contribution is 2.48. The van der Waals surface area contributed by atoms with E-state index in [9.17, 15) is 0 Å². The van der Waals surface area contributed by atoms with E-state index in [2.05, 4.69) is 261 Å². The molecule has 5 heteroatoms. The molecule has 0 saturated heterocycles. The molecule has 2 aliphatic rings. The maximum Gasteiger partial charge on any atom is 0.252 e. The van der Waals surface area contributed by atoms with Crippen molar-refractivity contribution in [2.45, 2.75) is 85.5 Å². The molecule has 72 heavy (non-hydrogen) atoms. The van der Waals surface area contributed by atoms with Gasteiger partial charge >= 0.3 is 0 Å². The van der Waals surface area contributed by atoms with Gasteiger partial charge < -0.3 is 9.80 Å². The van der Waals surface area contributed by atoms with E-state index in [1.165, 1.54) is 59.4 Å². The molecule has 11 rings (SSSR count). The van der Waals surface area contributed by atoms with Crippen molar-refractivity contribution >= 4 is 86.0 Å². The highest BCUT2D eigenvalue weighted by Gasteiger charge is 2.46. The van der Waals surface area contributed by atoms with Crippen LogP contribution in [0.4, 0.5) is 38.5 Å². The van der Waals surface area contributed by atoms with Gasteiger partial charge in [0.25, 0.3) is 6.71 Å². The van der Waals surface area contributed by atoms with Crippen LogP contribution < -0.4 is 46.9 Å². The third-order valence-corrected chi connectivity index (χ3v) is 20.2. The average Bonchev–Trinajstić information content (AvgIpc) is 3.37. The second kappa shape index (κ2) is 17.5. The number of benzene rings is 9. The fraction of sp³-hybridized carbons (Fsp3) is 0.194. The Morgan fingerprint density at radius 2 is 0.819 bits per heavy atom. The van der Waals surface area contributed by atoms with Gasteiger partial charge in [0.2, 0.25) is 0 Å². The summed E-state index contributed by atoms with van der Waals surface area (Å²) in [5.41, 5.74) is 16.6. The first-order valence-corrected chi connectivity index (χ1v) is 27.6. The molecule has 356 valence electrons. The summed E-state index contributed by atoms with van der Waals surface area (Å²) >= 11 is 0. The van der Waals surface area contributed by atoms with E-state index in [1.807, 2.05) is 12.1 Å². The first-order valence-electron chi connectivity index (χ1n) is 25.6. The molecule has 0 aromatic heterocycles. The molecule has 0 N–H and O–H groups in total. The smallest absolute Gasteiger partial charge is 0.252 e. The van der Waals surface area contributed by atoms with Gasteiger partial charge in [-0.1, -0.05) is 220 Å². The van der Waals surface area contributed by atoms with Crippen molar-refractivity contribution in [3.63, 3.8) is 0 Å². The summed E-state index contributed by atoms with van der Waals surface area (Å²) in [5, 5.41) is 5.34. The monoisotopic (exact) mass is 954 g/mol. The summed E-state index contributed by atoms with van der Waals surface area (Å²) < 4.78 is 16.4. The van der Waals surface area contributed by atoms with Gasteiger partial charge in [0.1, 0.15) is 5.82 Å². The summed E-state index contributed by atoms with van der Waals surface area (Å²) in [5.74, 6) is -0.240. The molecule has 0 spiro atoms. The van der Waals surface area contributed by atoms with Gasteiger partial charge in [0.15, 0.2) is 8.07 Å². The van der Waals surface area contributed by atoms with Crippen LogP contribution in [0.3, 0.4) is 0 Å². The highest BCUT2D eigenvalue weighted by atomic mass is 28.3. The van der Waals surface area contributed by atoms with Crippen molar-refractivity contribution in [1.82, 2.24) is 0 Å². The van der Waals surface area contributed by atoms with Gasteiger partial charge in [-0.2, -0.15) is 0 Å². The fourth-order valence-corrected chi connectivity index (χ4v) is 16.5. The lowest BCUT2D eigenvalue weighted by Crippen LogP contribution is -2.74. The Balaban J connectivity index is 1.23. The number of hydrogen-bond donors (Lipinski definition) is 0. The fourth-order valence-electron chi connectivity index (χ4n) is 11.6. The molecule has 2 heterocycles. The minimum Gasteiger partial charge on any atom is -0.311 e. The van der Waals surface area contributed by atoms with Crippen LogP contribution >= 0.6 is 0 Å². The van der Waals surface area contributed by atoms with Crippen LogP contribution in [-0.2, 0) is 16.2 Å². The van der Waals surface area contributed by atoms with Gasteiger partial charge in [-0.3, -0.25) is 0 Å².